The molecule has 33 heavy (non-hydrogen) atoms. The van der Waals surface area contributed by atoms with Crippen molar-refractivity contribution in [1.82, 2.24) is 4.57 Å². The summed E-state index contributed by atoms with van der Waals surface area (Å²) in [7, 11) is -3.60. The molecule has 9 heteroatoms. The first kappa shape index (κ1) is 22.6. The molecule has 0 bridgehead atoms. The number of nitrogens with zero attached hydrogens (tertiary/aromatic N) is 1. The van der Waals surface area contributed by atoms with Gasteiger partial charge in [0.25, 0.3) is 0 Å². The van der Waals surface area contributed by atoms with Gasteiger partial charge in [-0.2, -0.15) is 0 Å². The lowest BCUT2D eigenvalue weighted by atomic mass is 10.1. The van der Waals surface area contributed by atoms with Gasteiger partial charge in [0, 0.05) is 28.7 Å². The minimum Gasteiger partial charge on any atom is -0.457 e. The van der Waals surface area contributed by atoms with Gasteiger partial charge in [-0.3, -0.25) is 9.59 Å². The summed E-state index contributed by atoms with van der Waals surface area (Å²) < 4.78 is 42.3. The van der Waals surface area contributed by atoms with Crippen molar-refractivity contribution in [2.24, 2.45) is 0 Å². The molecular formula is C24H23NO7S. The Kier molecular flexibility index (Phi) is 6.24. The highest BCUT2D eigenvalue weighted by Gasteiger charge is 2.21. The number of aryl methyl sites for hydroxylation is 1. The van der Waals surface area contributed by atoms with E-state index in [0.29, 0.717) is 22.8 Å². The number of benzene rings is 2. The van der Waals surface area contributed by atoms with Crippen LogP contribution in [0.4, 0.5) is 0 Å². The van der Waals surface area contributed by atoms with Crippen molar-refractivity contribution < 1.29 is 32.2 Å². The summed E-state index contributed by atoms with van der Waals surface area (Å²) >= 11 is 0. The largest absolute Gasteiger partial charge is 0.457 e. The van der Waals surface area contributed by atoms with Crippen LogP contribution >= 0.6 is 0 Å². The lowest BCUT2D eigenvalue weighted by Crippen LogP contribution is -2.18. The highest BCUT2D eigenvalue weighted by atomic mass is 32.2. The Hall–Kier alpha value is -3.59. The van der Waals surface area contributed by atoms with Crippen molar-refractivity contribution >= 4 is 21.6 Å². The number of sulfone groups is 1. The number of hydrogen-bond donors (Lipinski definition) is 0. The summed E-state index contributed by atoms with van der Waals surface area (Å²) in [4.78, 5) is 24.9. The molecule has 0 saturated carbocycles. The quantitative estimate of drug-likeness (QED) is 0.368. The second kappa shape index (κ2) is 9.11. The SMILES string of the molecule is Cc1cc(C(=O)COC(=O)CCS(=O)(=O)c2ccccc2)c(C)n1-c1ccc2c(c1)OCO2. The van der Waals surface area contributed by atoms with E-state index in [1.807, 2.05) is 29.7 Å². The molecule has 2 aromatic carbocycles. The number of ketones is 1. The van der Waals surface area contributed by atoms with Crippen LogP contribution in [0.2, 0.25) is 0 Å². The van der Waals surface area contributed by atoms with Gasteiger partial charge in [-0.25, -0.2) is 8.42 Å². The molecule has 0 fully saturated rings. The lowest BCUT2D eigenvalue weighted by molar-refractivity contribution is -0.142. The summed E-state index contributed by atoms with van der Waals surface area (Å²) in [6, 6.07) is 15.1. The van der Waals surface area contributed by atoms with Gasteiger partial charge >= 0.3 is 5.97 Å². The van der Waals surface area contributed by atoms with E-state index in [-0.39, 0.29) is 29.6 Å². The van der Waals surface area contributed by atoms with Crippen molar-refractivity contribution in [3.63, 3.8) is 0 Å². The van der Waals surface area contributed by atoms with Crippen LogP contribution in [0, 0.1) is 13.8 Å². The molecule has 4 rings (SSSR count). The lowest BCUT2D eigenvalue weighted by Gasteiger charge is -2.11. The average molecular weight is 470 g/mol. The number of fused-ring (bicyclic) bond motifs is 1. The molecule has 0 saturated heterocycles. The fourth-order valence-corrected chi connectivity index (χ4v) is 4.97. The predicted molar refractivity (Wildman–Crippen MR) is 120 cm³/mol. The van der Waals surface area contributed by atoms with Crippen molar-refractivity contribution in [2.45, 2.75) is 25.2 Å². The van der Waals surface area contributed by atoms with E-state index in [1.165, 1.54) is 12.1 Å². The Labute approximate surface area is 191 Å². The maximum absolute atomic E-state index is 12.7. The van der Waals surface area contributed by atoms with Crippen LogP contribution in [0.25, 0.3) is 5.69 Å². The number of Topliss-reactive ketones (excluding diaryl/α,β-unsaturated/α-hetero) is 1. The summed E-state index contributed by atoms with van der Waals surface area (Å²) in [5, 5.41) is 0. The standard InChI is InChI=1S/C24H23NO7S/c1-16-12-20(17(2)25(16)18-8-9-22-23(13-18)32-15-31-22)21(26)14-30-24(27)10-11-33(28,29)19-6-4-3-5-7-19/h3-9,12-13H,10-11,14-15H2,1-2H3. The maximum atomic E-state index is 12.7. The highest BCUT2D eigenvalue weighted by Crippen LogP contribution is 2.35. The Morgan fingerprint density at radius 3 is 2.48 bits per heavy atom. The van der Waals surface area contributed by atoms with Gasteiger partial charge in [-0.05, 0) is 44.2 Å². The molecule has 1 aromatic heterocycles. The fourth-order valence-electron chi connectivity index (χ4n) is 3.73. The van der Waals surface area contributed by atoms with E-state index in [2.05, 4.69) is 0 Å². The molecule has 1 aliphatic heterocycles. The average Bonchev–Trinajstić information content (AvgIpc) is 3.39. The van der Waals surface area contributed by atoms with E-state index in [9.17, 15) is 18.0 Å². The molecule has 0 amide bonds. The third-order valence-corrected chi connectivity index (χ3v) is 7.12. The summed E-state index contributed by atoms with van der Waals surface area (Å²) in [6.07, 6.45) is -0.333. The normalized spacial score (nSPS) is 12.5. The Balaban J connectivity index is 1.39. The van der Waals surface area contributed by atoms with Crippen LogP contribution in [-0.2, 0) is 19.4 Å². The zero-order chi connectivity index (χ0) is 23.6. The first-order valence-corrected chi connectivity index (χ1v) is 12.0. The first-order chi connectivity index (χ1) is 15.8. The molecule has 1 aliphatic rings. The highest BCUT2D eigenvalue weighted by molar-refractivity contribution is 7.91. The second-order valence-electron chi connectivity index (χ2n) is 7.62. The number of rotatable bonds is 8. The number of hydrogen-bond acceptors (Lipinski definition) is 7. The van der Waals surface area contributed by atoms with E-state index >= 15 is 0 Å². The third-order valence-electron chi connectivity index (χ3n) is 5.39. The van der Waals surface area contributed by atoms with Gasteiger partial charge in [0.1, 0.15) is 0 Å². The number of carbonyl (C=O) groups excluding carboxylic acids is 2. The predicted octanol–water partition coefficient (Wildman–Crippen LogP) is 3.41. The molecule has 0 radical (unpaired) electrons. The van der Waals surface area contributed by atoms with Crippen LogP contribution in [0.15, 0.2) is 59.5 Å². The van der Waals surface area contributed by atoms with Gasteiger partial charge in [0.05, 0.1) is 17.1 Å². The minimum absolute atomic E-state index is 0.143. The van der Waals surface area contributed by atoms with Crippen molar-refractivity contribution in [2.75, 3.05) is 19.2 Å². The van der Waals surface area contributed by atoms with E-state index in [1.54, 1.807) is 31.2 Å². The monoisotopic (exact) mass is 469 g/mol. The first-order valence-electron chi connectivity index (χ1n) is 10.3. The van der Waals surface area contributed by atoms with Gasteiger partial charge in [-0.15, -0.1) is 0 Å². The topological polar surface area (TPSA) is 101 Å². The van der Waals surface area contributed by atoms with Crippen molar-refractivity contribution in [3.8, 4) is 17.2 Å². The molecule has 0 spiro atoms. The summed E-state index contributed by atoms with van der Waals surface area (Å²) in [6.45, 7) is 3.38. The molecule has 0 unspecified atom stereocenters. The van der Waals surface area contributed by atoms with Gasteiger partial charge < -0.3 is 18.8 Å². The van der Waals surface area contributed by atoms with Gasteiger partial charge in [0.15, 0.2) is 27.9 Å². The van der Waals surface area contributed by atoms with Crippen LogP contribution in [0.5, 0.6) is 11.5 Å². The minimum atomic E-state index is -3.60. The number of aromatic nitrogens is 1. The smallest absolute Gasteiger partial charge is 0.307 e. The van der Waals surface area contributed by atoms with Crippen LogP contribution < -0.4 is 9.47 Å². The molecule has 3 aromatic rings. The molecule has 0 atom stereocenters. The van der Waals surface area contributed by atoms with E-state index < -0.39 is 22.4 Å². The second-order valence-corrected chi connectivity index (χ2v) is 9.73. The molecular weight excluding hydrogens is 446 g/mol. The summed E-state index contributed by atoms with van der Waals surface area (Å²) in [5.74, 6) is -0.199. The molecule has 0 N–H and O–H groups in total. The Morgan fingerprint density at radius 2 is 1.73 bits per heavy atom. The van der Waals surface area contributed by atoms with Gasteiger partial charge in [0.2, 0.25) is 12.6 Å². The molecule has 0 aliphatic carbocycles. The van der Waals surface area contributed by atoms with E-state index in [4.69, 9.17) is 14.2 Å². The Morgan fingerprint density at radius 1 is 1.00 bits per heavy atom. The Bertz CT molecular complexity index is 1310. The van der Waals surface area contributed by atoms with Crippen LogP contribution in [0.1, 0.15) is 28.2 Å². The maximum Gasteiger partial charge on any atom is 0.307 e. The third kappa shape index (κ3) is 4.78. The molecule has 8 nitrogen and oxygen atoms in total. The summed E-state index contributed by atoms with van der Waals surface area (Å²) in [5.41, 5.74) is 2.76. The molecule has 172 valence electrons. The van der Waals surface area contributed by atoms with E-state index in [0.717, 1.165) is 11.4 Å². The number of carbonyl (C=O) groups is 2. The van der Waals surface area contributed by atoms with Crippen molar-refractivity contribution in [1.29, 1.82) is 0 Å². The van der Waals surface area contributed by atoms with Crippen LogP contribution in [-0.4, -0.2) is 43.9 Å². The van der Waals surface area contributed by atoms with Crippen LogP contribution in [0.3, 0.4) is 0 Å². The molecule has 2 heterocycles. The number of ether oxygens (including phenoxy) is 3. The zero-order valence-electron chi connectivity index (χ0n) is 18.2. The van der Waals surface area contributed by atoms with Gasteiger partial charge in [-0.1, -0.05) is 18.2 Å². The fraction of sp³-hybridized carbons (Fsp3) is 0.250. The zero-order valence-corrected chi connectivity index (χ0v) is 19.1. The number of esters is 1. The van der Waals surface area contributed by atoms with Crippen molar-refractivity contribution in [3.05, 3.63) is 71.5 Å².